The molecule has 28 heavy (non-hydrogen) atoms. The van der Waals surface area contributed by atoms with Gasteiger partial charge in [-0.3, -0.25) is 20.2 Å². The van der Waals surface area contributed by atoms with Crippen molar-refractivity contribution in [1.29, 1.82) is 0 Å². The molecule has 2 aromatic carbocycles. The predicted molar refractivity (Wildman–Crippen MR) is 106 cm³/mol. The average Bonchev–Trinajstić information content (AvgIpc) is 2.72. The van der Waals surface area contributed by atoms with E-state index in [1.54, 1.807) is 18.2 Å². The fourth-order valence-electron chi connectivity index (χ4n) is 2.94. The largest absolute Gasteiger partial charge is 0.497 e. The molecule has 2 N–H and O–H groups in total. The highest BCUT2D eigenvalue weighted by molar-refractivity contribution is 6.10. The molecule has 0 radical (unpaired) electrons. The Morgan fingerprint density at radius 2 is 1.79 bits per heavy atom. The van der Waals surface area contributed by atoms with Gasteiger partial charge in [-0.05, 0) is 29.7 Å². The minimum absolute atomic E-state index is 0.132. The summed E-state index contributed by atoms with van der Waals surface area (Å²) in [7, 11) is 3.02. The van der Waals surface area contributed by atoms with Crippen molar-refractivity contribution in [3.63, 3.8) is 0 Å². The number of nitrogens with one attached hydrogen (secondary N) is 2. The number of ether oxygens (including phenoxy) is 2. The SMILES string of the molecule is CCc1ccc([C@@H]2CC(=O)NC(NC(=O)c3cc(OC)cc(OC)c3)=N2)cc1. The van der Waals surface area contributed by atoms with Crippen LogP contribution in [0.25, 0.3) is 0 Å². The lowest BCUT2D eigenvalue weighted by atomic mass is 10.0. The van der Waals surface area contributed by atoms with Gasteiger partial charge in [-0.2, -0.15) is 0 Å². The number of amides is 2. The van der Waals surface area contributed by atoms with E-state index in [0.717, 1.165) is 12.0 Å². The van der Waals surface area contributed by atoms with Crippen LogP contribution >= 0.6 is 0 Å². The van der Waals surface area contributed by atoms with Crippen molar-refractivity contribution < 1.29 is 19.1 Å². The highest BCUT2D eigenvalue weighted by atomic mass is 16.5. The highest BCUT2D eigenvalue weighted by Crippen LogP contribution is 2.25. The Balaban J connectivity index is 1.81. The molecule has 0 spiro atoms. The summed E-state index contributed by atoms with van der Waals surface area (Å²) in [5.41, 5.74) is 2.48. The van der Waals surface area contributed by atoms with Gasteiger partial charge in [-0.15, -0.1) is 0 Å². The lowest BCUT2D eigenvalue weighted by Crippen LogP contribution is -2.47. The van der Waals surface area contributed by atoms with Crippen molar-refractivity contribution in [3.8, 4) is 11.5 Å². The maximum absolute atomic E-state index is 12.6. The van der Waals surface area contributed by atoms with Crippen molar-refractivity contribution in [2.45, 2.75) is 25.8 Å². The van der Waals surface area contributed by atoms with Gasteiger partial charge in [-0.25, -0.2) is 4.99 Å². The van der Waals surface area contributed by atoms with Gasteiger partial charge in [-0.1, -0.05) is 31.2 Å². The molecule has 0 fully saturated rings. The summed E-state index contributed by atoms with van der Waals surface area (Å²) >= 11 is 0. The summed E-state index contributed by atoms with van der Waals surface area (Å²) in [6.45, 7) is 2.09. The van der Waals surface area contributed by atoms with E-state index in [9.17, 15) is 9.59 Å². The third kappa shape index (κ3) is 4.49. The Labute approximate surface area is 163 Å². The molecule has 1 atom stereocenters. The van der Waals surface area contributed by atoms with E-state index >= 15 is 0 Å². The van der Waals surface area contributed by atoms with Gasteiger partial charge < -0.3 is 9.47 Å². The van der Waals surface area contributed by atoms with Crippen LogP contribution < -0.4 is 20.1 Å². The smallest absolute Gasteiger partial charge is 0.258 e. The molecule has 146 valence electrons. The van der Waals surface area contributed by atoms with E-state index in [0.29, 0.717) is 17.1 Å². The second kappa shape index (κ2) is 8.56. The molecule has 0 bridgehead atoms. The van der Waals surface area contributed by atoms with Crippen molar-refractivity contribution >= 4 is 17.8 Å². The van der Waals surface area contributed by atoms with Crippen LogP contribution in [-0.4, -0.2) is 32.0 Å². The van der Waals surface area contributed by atoms with Crippen molar-refractivity contribution in [2.75, 3.05) is 14.2 Å². The molecule has 0 aliphatic carbocycles. The third-order valence-electron chi connectivity index (χ3n) is 4.54. The van der Waals surface area contributed by atoms with Gasteiger partial charge in [0.25, 0.3) is 5.91 Å². The molecule has 2 aromatic rings. The molecule has 2 amide bonds. The topological polar surface area (TPSA) is 89.0 Å². The zero-order chi connectivity index (χ0) is 20.1. The van der Waals surface area contributed by atoms with Crippen LogP contribution in [0.5, 0.6) is 11.5 Å². The van der Waals surface area contributed by atoms with Gasteiger partial charge in [0.1, 0.15) is 11.5 Å². The van der Waals surface area contributed by atoms with E-state index in [-0.39, 0.29) is 24.3 Å². The number of nitrogens with zero attached hydrogens (tertiary/aromatic N) is 1. The maximum atomic E-state index is 12.6. The second-order valence-corrected chi connectivity index (χ2v) is 6.40. The van der Waals surface area contributed by atoms with Crippen LogP contribution in [0, 0.1) is 0 Å². The Morgan fingerprint density at radius 3 is 2.36 bits per heavy atom. The van der Waals surface area contributed by atoms with Gasteiger partial charge in [0.05, 0.1) is 26.7 Å². The number of aryl methyl sites for hydroxylation is 1. The first kappa shape index (κ1) is 19.4. The van der Waals surface area contributed by atoms with Crippen LogP contribution in [0.15, 0.2) is 47.5 Å². The number of carbonyl (C=O) groups is 2. The molecule has 0 unspecified atom stereocenters. The summed E-state index contributed by atoms with van der Waals surface area (Å²) < 4.78 is 10.4. The molecule has 0 saturated carbocycles. The van der Waals surface area contributed by atoms with Gasteiger partial charge in [0.2, 0.25) is 11.9 Å². The Morgan fingerprint density at radius 1 is 1.14 bits per heavy atom. The number of aliphatic imine (C=N–C) groups is 1. The minimum atomic E-state index is -0.418. The Bertz CT molecular complexity index is 884. The molecule has 3 rings (SSSR count). The summed E-state index contributed by atoms with van der Waals surface area (Å²) in [6, 6.07) is 12.5. The standard InChI is InChI=1S/C21H23N3O4/c1-4-13-5-7-14(8-6-13)18-12-19(25)23-21(22-18)24-20(26)15-9-16(27-2)11-17(10-15)28-3/h5-11,18H,4,12H2,1-3H3,(H2,22,23,24,25,26)/t18-/m0/s1. The van der Waals surface area contributed by atoms with Crippen molar-refractivity contribution in [3.05, 3.63) is 59.2 Å². The first-order valence-electron chi connectivity index (χ1n) is 9.03. The van der Waals surface area contributed by atoms with Crippen LogP contribution in [0.1, 0.15) is 40.9 Å². The molecular weight excluding hydrogens is 358 g/mol. The third-order valence-corrected chi connectivity index (χ3v) is 4.54. The van der Waals surface area contributed by atoms with Crippen LogP contribution in [0.2, 0.25) is 0 Å². The summed E-state index contributed by atoms with van der Waals surface area (Å²) in [5.74, 6) is 0.505. The molecule has 0 aromatic heterocycles. The molecule has 0 saturated heterocycles. The second-order valence-electron chi connectivity index (χ2n) is 6.40. The van der Waals surface area contributed by atoms with E-state index in [1.165, 1.54) is 19.8 Å². The maximum Gasteiger partial charge on any atom is 0.258 e. The van der Waals surface area contributed by atoms with Gasteiger partial charge >= 0.3 is 0 Å². The first-order chi connectivity index (χ1) is 13.5. The zero-order valence-electron chi connectivity index (χ0n) is 16.1. The Hall–Kier alpha value is -3.35. The van der Waals surface area contributed by atoms with Crippen LogP contribution in [-0.2, 0) is 11.2 Å². The quantitative estimate of drug-likeness (QED) is 0.833. The average molecular weight is 381 g/mol. The summed E-state index contributed by atoms with van der Waals surface area (Å²) in [6.07, 6.45) is 1.18. The molecule has 1 heterocycles. The molecule has 1 aliphatic rings. The zero-order valence-corrected chi connectivity index (χ0v) is 16.1. The lowest BCUT2D eigenvalue weighted by Gasteiger charge is -2.21. The number of hydrogen-bond donors (Lipinski definition) is 2. The van der Waals surface area contributed by atoms with E-state index < -0.39 is 5.91 Å². The molecule has 7 nitrogen and oxygen atoms in total. The highest BCUT2D eigenvalue weighted by Gasteiger charge is 2.24. The number of methoxy groups -OCH3 is 2. The van der Waals surface area contributed by atoms with Crippen molar-refractivity contribution in [1.82, 2.24) is 10.6 Å². The number of hydrogen-bond acceptors (Lipinski definition) is 5. The minimum Gasteiger partial charge on any atom is -0.497 e. The monoisotopic (exact) mass is 381 g/mol. The lowest BCUT2D eigenvalue weighted by molar-refractivity contribution is -0.120. The van der Waals surface area contributed by atoms with Gasteiger partial charge in [0, 0.05) is 11.6 Å². The van der Waals surface area contributed by atoms with E-state index in [4.69, 9.17) is 9.47 Å². The Kier molecular flexibility index (Phi) is 5.93. The van der Waals surface area contributed by atoms with Crippen molar-refractivity contribution in [2.24, 2.45) is 4.99 Å². The number of rotatable bonds is 5. The van der Waals surface area contributed by atoms with E-state index in [2.05, 4.69) is 22.5 Å². The van der Waals surface area contributed by atoms with Gasteiger partial charge in [0.15, 0.2) is 0 Å². The number of benzene rings is 2. The molecular formula is C21H23N3O4. The fourth-order valence-corrected chi connectivity index (χ4v) is 2.94. The molecule has 1 aliphatic heterocycles. The molecule has 7 heteroatoms. The van der Waals surface area contributed by atoms with Crippen LogP contribution in [0.4, 0.5) is 0 Å². The first-order valence-corrected chi connectivity index (χ1v) is 9.03. The number of guanidine groups is 1. The summed E-state index contributed by atoms with van der Waals surface area (Å²) in [5, 5.41) is 5.27. The van der Waals surface area contributed by atoms with E-state index in [1.807, 2.05) is 24.3 Å². The fraction of sp³-hybridized carbons (Fsp3) is 0.286. The number of carbonyl (C=O) groups excluding carboxylic acids is 2. The van der Waals surface area contributed by atoms with Crippen LogP contribution in [0.3, 0.4) is 0 Å². The summed E-state index contributed by atoms with van der Waals surface area (Å²) in [4.78, 5) is 29.2. The predicted octanol–water partition coefficient (Wildman–Crippen LogP) is 2.61. The normalized spacial score (nSPS) is 16.0.